The van der Waals surface area contributed by atoms with Crippen molar-refractivity contribution in [2.45, 2.75) is 20.8 Å². The molecule has 3 nitrogen and oxygen atoms in total. The van der Waals surface area contributed by atoms with Crippen LogP contribution in [0.5, 0.6) is 0 Å². The first kappa shape index (κ1) is 11.5. The number of aromatic nitrogens is 2. The Bertz CT molecular complexity index is 579. The minimum Gasteiger partial charge on any atom is -0.382 e. The average Bonchev–Trinajstić information content (AvgIpc) is 2.27. The van der Waals surface area contributed by atoms with Crippen LogP contribution in [0.4, 0.5) is 10.2 Å². The van der Waals surface area contributed by atoms with Crippen molar-refractivity contribution in [3.8, 4) is 11.3 Å². The van der Waals surface area contributed by atoms with Crippen LogP contribution in [0.3, 0.4) is 0 Å². The Morgan fingerprint density at radius 1 is 1.06 bits per heavy atom. The van der Waals surface area contributed by atoms with Crippen molar-refractivity contribution in [2.24, 2.45) is 0 Å². The SMILES string of the molecule is Cc1ccc(-c2nc(C)c(C)nc2N)cc1F. The third-order valence-corrected chi connectivity index (χ3v) is 2.78. The summed E-state index contributed by atoms with van der Waals surface area (Å²) in [6, 6.07) is 4.94. The number of hydrogen-bond acceptors (Lipinski definition) is 3. The Labute approximate surface area is 99.5 Å². The van der Waals surface area contributed by atoms with E-state index < -0.39 is 0 Å². The molecule has 0 unspecified atom stereocenters. The van der Waals surface area contributed by atoms with E-state index in [4.69, 9.17) is 5.73 Å². The van der Waals surface area contributed by atoms with Crippen molar-refractivity contribution in [1.29, 1.82) is 0 Å². The topological polar surface area (TPSA) is 51.8 Å². The van der Waals surface area contributed by atoms with Gasteiger partial charge in [-0.25, -0.2) is 14.4 Å². The summed E-state index contributed by atoms with van der Waals surface area (Å²) in [5.74, 6) is 0.0679. The van der Waals surface area contributed by atoms with Crippen LogP contribution in [-0.2, 0) is 0 Å². The van der Waals surface area contributed by atoms with Crippen LogP contribution < -0.4 is 5.73 Å². The number of benzene rings is 1. The van der Waals surface area contributed by atoms with Crippen LogP contribution in [0.1, 0.15) is 17.0 Å². The number of anilines is 1. The third-order valence-electron chi connectivity index (χ3n) is 2.78. The molecule has 1 aromatic heterocycles. The van der Waals surface area contributed by atoms with E-state index in [9.17, 15) is 4.39 Å². The number of nitrogens with zero attached hydrogens (tertiary/aromatic N) is 2. The number of halogens is 1. The number of nitrogen functional groups attached to an aromatic ring is 1. The second kappa shape index (κ2) is 4.13. The quantitative estimate of drug-likeness (QED) is 0.821. The first-order valence-corrected chi connectivity index (χ1v) is 5.36. The van der Waals surface area contributed by atoms with E-state index in [2.05, 4.69) is 9.97 Å². The van der Waals surface area contributed by atoms with Crippen LogP contribution in [0.25, 0.3) is 11.3 Å². The number of rotatable bonds is 1. The molecule has 0 bridgehead atoms. The van der Waals surface area contributed by atoms with Crippen LogP contribution in [0.15, 0.2) is 18.2 Å². The number of nitrogens with two attached hydrogens (primary N) is 1. The molecule has 0 aliphatic rings. The van der Waals surface area contributed by atoms with Crippen molar-refractivity contribution < 1.29 is 4.39 Å². The molecule has 0 aliphatic carbocycles. The monoisotopic (exact) mass is 231 g/mol. The van der Waals surface area contributed by atoms with E-state index in [-0.39, 0.29) is 5.82 Å². The largest absolute Gasteiger partial charge is 0.382 e. The second-order valence-corrected chi connectivity index (χ2v) is 4.09. The highest BCUT2D eigenvalue weighted by Crippen LogP contribution is 2.24. The zero-order valence-electron chi connectivity index (χ0n) is 10.1. The number of aryl methyl sites for hydroxylation is 3. The molecule has 0 amide bonds. The molecule has 88 valence electrons. The van der Waals surface area contributed by atoms with Gasteiger partial charge in [-0.15, -0.1) is 0 Å². The van der Waals surface area contributed by atoms with Gasteiger partial charge < -0.3 is 5.73 Å². The van der Waals surface area contributed by atoms with E-state index >= 15 is 0 Å². The summed E-state index contributed by atoms with van der Waals surface area (Å²) in [4.78, 5) is 8.55. The highest BCUT2D eigenvalue weighted by atomic mass is 19.1. The number of hydrogen-bond donors (Lipinski definition) is 1. The highest BCUT2D eigenvalue weighted by Gasteiger charge is 2.10. The fraction of sp³-hybridized carbons (Fsp3) is 0.231. The van der Waals surface area contributed by atoms with Crippen LogP contribution in [0.2, 0.25) is 0 Å². The molecule has 0 fully saturated rings. The average molecular weight is 231 g/mol. The molecule has 0 radical (unpaired) electrons. The minimum absolute atomic E-state index is 0.262. The summed E-state index contributed by atoms with van der Waals surface area (Å²) in [5.41, 5.74) is 9.20. The summed E-state index contributed by atoms with van der Waals surface area (Å²) < 4.78 is 13.5. The molecule has 0 saturated carbocycles. The van der Waals surface area contributed by atoms with E-state index in [1.54, 1.807) is 19.1 Å². The molecular weight excluding hydrogens is 217 g/mol. The lowest BCUT2D eigenvalue weighted by Crippen LogP contribution is -2.02. The van der Waals surface area contributed by atoms with Crippen LogP contribution in [0, 0.1) is 26.6 Å². The van der Waals surface area contributed by atoms with Crippen molar-refractivity contribution in [2.75, 3.05) is 5.73 Å². The summed E-state index contributed by atoms with van der Waals surface area (Å²) in [6.45, 7) is 5.42. The fourth-order valence-corrected chi connectivity index (χ4v) is 1.57. The van der Waals surface area contributed by atoms with Gasteiger partial charge >= 0.3 is 0 Å². The van der Waals surface area contributed by atoms with E-state index in [1.807, 2.05) is 13.8 Å². The van der Waals surface area contributed by atoms with Crippen LogP contribution in [-0.4, -0.2) is 9.97 Å². The van der Waals surface area contributed by atoms with E-state index in [1.165, 1.54) is 6.07 Å². The van der Waals surface area contributed by atoms with E-state index in [0.29, 0.717) is 22.6 Å². The molecule has 2 N–H and O–H groups in total. The lowest BCUT2D eigenvalue weighted by molar-refractivity contribution is 0.619. The van der Waals surface area contributed by atoms with Gasteiger partial charge in [0.2, 0.25) is 0 Å². The first-order chi connectivity index (χ1) is 7.99. The lowest BCUT2D eigenvalue weighted by Gasteiger charge is -2.08. The van der Waals surface area contributed by atoms with Crippen molar-refractivity contribution in [1.82, 2.24) is 9.97 Å². The van der Waals surface area contributed by atoms with Gasteiger partial charge in [-0.2, -0.15) is 0 Å². The van der Waals surface area contributed by atoms with Crippen molar-refractivity contribution in [3.05, 3.63) is 41.0 Å². The molecule has 4 heteroatoms. The second-order valence-electron chi connectivity index (χ2n) is 4.09. The Balaban J connectivity index is 2.60. The molecule has 17 heavy (non-hydrogen) atoms. The highest BCUT2D eigenvalue weighted by molar-refractivity contribution is 5.70. The molecule has 0 spiro atoms. The smallest absolute Gasteiger partial charge is 0.150 e. The van der Waals surface area contributed by atoms with Gasteiger partial charge in [-0.3, -0.25) is 0 Å². The fourth-order valence-electron chi connectivity index (χ4n) is 1.57. The summed E-state index contributed by atoms with van der Waals surface area (Å²) in [5, 5.41) is 0. The summed E-state index contributed by atoms with van der Waals surface area (Å²) >= 11 is 0. The molecule has 0 aliphatic heterocycles. The molecule has 2 rings (SSSR count). The normalized spacial score (nSPS) is 10.6. The minimum atomic E-state index is -0.262. The molecular formula is C13H14FN3. The Morgan fingerprint density at radius 2 is 1.71 bits per heavy atom. The van der Waals surface area contributed by atoms with Gasteiger partial charge in [0.25, 0.3) is 0 Å². The van der Waals surface area contributed by atoms with Crippen molar-refractivity contribution in [3.63, 3.8) is 0 Å². The van der Waals surface area contributed by atoms with Gasteiger partial charge in [0.15, 0.2) is 0 Å². The molecule has 2 aromatic rings. The van der Waals surface area contributed by atoms with Gasteiger partial charge in [0, 0.05) is 5.56 Å². The lowest BCUT2D eigenvalue weighted by atomic mass is 10.1. The molecule has 1 heterocycles. The Kier molecular flexibility index (Phi) is 2.79. The predicted molar refractivity (Wildman–Crippen MR) is 66.0 cm³/mol. The standard InChI is InChI=1S/C13H14FN3/c1-7-4-5-10(6-11(7)14)12-13(15)17-9(3)8(2)16-12/h4-6H,1-3H3,(H2,15,17). The maximum Gasteiger partial charge on any atom is 0.150 e. The molecule has 0 atom stereocenters. The first-order valence-electron chi connectivity index (χ1n) is 5.36. The summed E-state index contributed by atoms with van der Waals surface area (Å²) in [7, 11) is 0. The van der Waals surface area contributed by atoms with Crippen LogP contribution >= 0.6 is 0 Å². The van der Waals surface area contributed by atoms with Gasteiger partial charge in [-0.1, -0.05) is 12.1 Å². The Hall–Kier alpha value is -1.97. The van der Waals surface area contributed by atoms with Gasteiger partial charge in [0.05, 0.1) is 11.4 Å². The zero-order chi connectivity index (χ0) is 12.6. The molecule has 0 saturated heterocycles. The third kappa shape index (κ3) is 2.11. The summed E-state index contributed by atoms with van der Waals surface area (Å²) in [6.07, 6.45) is 0. The maximum atomic E-state index is 13.5. The van der Waals surface area contributed by atoms with E-state index in [0.717, 1.165) is 11.4 Å². The zero-order valence-corrected chi connectivity index (χ0v) is 10.1. The predicted octanol–water partition coefficient (Wildman–Crippen LogP) is 2.79. The molecule has 1 aromatic carbocycles. The maximum absolute atomic E-state index is 13.5. The van der Waals surface area contributed by atoms with Gasteiger partial charge in [0.1, 0.15) is 17.3 Å². The van der Waals surface area contributed by atoms with Gasteiger partial charge in [-0.05, 0) is 32.4 Å². The van der Waals surface area contributed by atoms with Crippen molar-refractivity contribution >= 4 is 5.82 Å². The Morgan fingerprint density at radius 3 is 2.35 bits per heavy atom.